The van der Waals surface area contributed by atoms with Gasteiger partial charge in [0.15, 0.2) is 12.6 Å². The second-order valence-electron chi connectivity index (χ2n) is 16.9. The summed E-state index contributed by atoms with van der Waals surface area (Å²) in [6, 6.07) is 5.20. The standard InChI is InChI=1S/C44H72N10O7/c1-28(2)24-33(30(5)48)39(57)50-35(17-11-21-46)40(58)52-37(25-32-14-8-7-9-15-32)43(61)54-23-13-19-38(54)42(60)51-36(18-12-22-47)41(59)53-44(27-55,29(3)4)26-49-34(31(6)56)16-10-20-45/h7-9,14-15,27-29,33-37,48-49H,10-13,16-26,45-47H2,1-6H3,(H3-,50,51,52,53,57,58,59,60)/p+1. The first-order valence-electron chi connectivity index (χ1n) is 21.7. The lowest BCUT2D eigenvalue weighted by Crippen LogP contribution is -2.64. The molecule has 2 rings (SSSR count). The number of amides is 5. The molecule has 0 saturated heterocycles. The number of Topliss-reactive ketones (excluding diaryl/α,β-unsaturated/α-hetero) is 1. The third-order valence-corrected chi connectivity index (χ3v) is 11.2. The van der Waals surface area contributed by atoms with E-state index < -0.39 is 71.1 Å². The lowest BCUT2D eigenvalue weighted by molar-refractivity contribution is -0.442. The Morgan fingerprint density at radius 1 is 0.787 bits per heavy atom. The Morgan fingerprint density at radius 3 is 1.85 bits per heavy atom. The number of hydrogen-bond acceptors (Lipinski definition) is 12. The SMILES string of the molecule is CC(=N)C(CC(C)C)C(=O)NC(CCCN)C(=O)NC(Cc1ccccc1)C(=O)[N+]1=C(C(=O)NC(CCCN)C(=O)NC(C=O)(CNC(CCCN)C(C)=O)C(C)C)CCC1. The Bertz CT molecular complexity index is 1680. The second-order valence-corrected chi connectivity index (χ2v) is 16.9. The minimum absolute atomic E-state index is 0.0436. The predicted octanol–water partition coefficient (Wildman–Crippen LogP) is 0.633. The van der Waals surface area contributed by atoms with Gasteiger partial charge in [-0.15, -0.1) is 0 Å². The molecule has 1 aromatic carbocycles. The van der Waals surface area contributed by atoms with Crippen molar-refractivity contribution in [3.05, 3.63) is 35.9 Å². The summed E-state index contributed by atoms with van der Waals surface area (Å²) in [5.74, 6) is -4.02. The van der Waals surface area contributed by atoms with Gasteiger partial charge in [0.05, 0.1) is 12.0 Å². The summed E-state index contributed by atoms with van der Waals surface area (Å²) in [4.78, 5) is 95.1. The number of rotatable bonds is 29. The zero-order valence-electron chi connectivity index (χ0n) is 37.1. The van der Waals surface area contributed by atoms with Crippen LogP contribution in [0, 0.1) is 23.2 Å². The van der Waals surface area contributed by atoms with Crippen LogP contribution in [-0.2, 0) is 40.0 Å². The molecule has 0 saturated carbocycles. The fourth-order valence-electron chi connectivity index (χ4n) is 7.29. The van der Waals surface area contributed by atoms with Gasteiger partial charge in [0.25, 0.3) is 0 Å². The number of carbonyl (C=O) groups is 7. The molecule has 17 heteroatoms. The molecule has 1 aliphatic rings. The molecule has 17 nitrogen and oxygen atoms in total. The molecule has 0 spiro atoms. The number of nitrogens with two attached hydrogens (primary N) is 3. The molecule has 12 N–H and O–H groups in total. The molecule has 0 bridgehead atoms. The van der Waals surface area contributed by atoms with Gasteiger partial charge in [0.2, 0.25) is 23.4 Å². The summed E-state index contributed by atoms with van der Waals surface area (Å²) in [5.41, 5.74) is 16.9. The number of nitrogens with zero attached hydrogens (tertiary/aromatic N) is 1. The van der Waals surface area contributed by atoms with Crippen molar-refractivity contribution >= 4 is 53.0 Å². The maximum atomic E-state index is 14.5. The van der Waals surface area contributed by atoms with Crippen LogP contribution in [0.1, 0.15) is 105 Å². The van der Waals surface area contributed by atoms with Crippen molar-refractivity contribution in [2.24, 2.45) is 35.0 Å². The van der Waals surface area contributed by atoms with Gasteiger partial charge in [-0.2, -0.15) is 4.58 Å². The Hall–Kier alpha value is -4.71. The number of nitrogens with one attached hydrogen (secondary N) is 6. The fourth-order valence-corrected chi connectivity index (χ4v) is 7.29. The predicted molar refractivity (Wildman–Crippen MR) is 236 cm³/mol. The van der Waals surface area contributed by atoms with E-state index in [2.05, 4.69) is 26.6 Å². The highest BCUT2D eigenvalue weighted by molar-refractivity contribution is 6.38. The number of ketones is 1. The van der Waals surface area contributed by atoms with Gasteiger partial charge in [-0.1, -0.05) is 58.0 Å². The number of carbonyl (C=O) groups excluding carboxylic acids is 7. The Kier molecular flexibility index (Phi) is 22.9. The molecule has 0 aromatic heterocycles. The van der Waals surface area contributed by atoms with Crippen molar-refractivity contribution in [2.45, 2.75) is 135 Å². The zero-order valence-corrected chi connectivity index (χ0v) is 37.1. The van der Waals surface area contributed by atoms with Crippen LogP contribution in [0.3, 0.4) is 0 Å². The van der Waals surface area contributed by atoms with E-state index in [4.69, 9.17) is 22.6 Å². The monoisotopic (exact) mass is 854 g/mol. The van der Waals surface area contributed by atoms with Crippen LogP contribution >= 0.6 is 0 Å². The van der Waals surface area contributed by atoms with Gasteiger partial charge in [-0.05, 0) is 95.8 Å². The summed E-state index contributed by atoms with van der Waals surface area (Å²) in [7, 11) is 0. The van der Waals surface area contributed by atoms with Gasteiger partial charge < -0.3 is 54.0 Å². The van der Waals surface area contributed by atoms with Crippen LogP contribution in [0.25, 0.3) is 0 Å². The molecular formula is C44H73N10O7+. The van der Waals surface area contributed by atoms with Crippen molar-refractivity contribution in [1.82, 2.24) is 26.6 Å². The first-order valence-corrected chi connectivity index (χ1v) is 21.7. The highest BCUT2D eigenvalue weighted by atomic mass is 16.2. The van der Waals surface area contributed by atoms with E-state index in [1.165, 1.54) is 11.5 Å². The third-order valence-electron chi connectivity index (χ3n) is 11.2. The summed E-state index contributed by atoms with van der Waals surface area (Å²) < 4.78 is 1.34. The van der Waals surface area contributed by atoms with Gasteiger partial charge in [-0.25, -0.2) is 4.79 Å². The molecule has 0 radical (unpaired) electrons. The van der Waals surface area contributed by atoms with Gasteiger partial charge in [0.1, 0.15) is 29.7 Å². The highest BCUT2D eigenvalue weighted by Gasteiger charge is 2.42. The van der Waals surface area contributed by atoms with Gasteiger partial charge in [0, 0.05) is 31.5 Å². The van der Waals surface area contributed by atoms with Crippen LogP contribution in [0.4, 0.5) is 0 Å². The molecular weight excluding hydrogens is 781 g/mol. The lowest BCUT2D eigenvalue weighted by atomic mass is 9.86. The third kappa shape index (κ3) is 16.6. The van der Waals surface area contributed by atoms with E-state index in [1.54, 1.807) is 20.8 Å². The molecule has 0 fully saturated rings. The molecule has 0 aliphatic carbocycles. The van der Waals surface area contributed by atoms with Crippen molar-refractivity contribution in [2.75, 3.05) is 32.7 Å². The van der Waals surface area contributed by atoms with Gasteiger partial charge >= 0.3 is 11.8 Å². The maximum Gasteiger partial charge on any atom is 0.410 e. The topological polar surface area (TPSA) is 285 Å². The van der Waals surface area contributed by atoms with Crippen LogP contribution in [0.15, 0.2) is 30.3 Å². The first kappa shape index (κ1) is 52.4. The summed E-state index contributed by atoms with van der Waals surface area (Å²) in [6.45, 7) is 11.4. The normalized spacial score (nSPS) is 16.2. The van der Waals surface area contributed by atoms with Crippen molar-refractivity contribution in [3.8, 4) is 0 Å². The smallest absolute Gasteiger partial charge is 0.344 e. The van der Waals surface area contributed by atoms with E-state index >= 15 is 0 Å². The van der Waals surface area contributed by atoms with Crippen molar-refractivity contribution < 1.29 is 38.1 Å². The Labute approximate surface area is 361 Å². The summed E-state index contributed by atoms with van der Waals surface area (Å²) in [5, 5.41) is 22.7. The summed E-state index contributed by atoms with van der Waals surface area (Å²) in [6.07, 6.45) is 3.97. The van der Waals surface area contributed by atoms with E-state index in [-0.39, 0.29) is 75.0 Å². The lowest BCUT2D eigenvalue weighted by Gasteiger charge is -2.36. The van der Waals surface area contributed by atoms with Crippen molar-refractivity contribution in [1.29, 1.82) is 5.41 Å². The number of aldehydes is 1. The molecule has 61 heavy (non-hydrogen) atoms. The average Bonchev–Trinajstić information content (AvgIpc) is 3.72. The minimum Gasteiger partial charge on any atom is -0.344 e. The van der Waals surface area contributed by atoms with Crippen molar-refractivity contribution in [3.63, 3.8) is 0 Å². The van der Waals surface area contributed by atoms with Gasteiger partial charge in [-0.3, -0.25) is 24.0 Å². The highest BCUT2D eigenvalue weighted by Crippen LogP contribution is 2.18. The molecule has 5 amide bonds. The summed E-state index contributed by atoms with van der Waals surface area (Å²) >= 11 is 0. The van der Waals surface area contributed by atoms with Crippen LogP contribution < -0.4 is 43.8 Å². The van der Waals surface area contributed by atoms with E-state index in [0.717, 1.165) is 5.56 Å². The Balaban J connectivity index is 2.46. The molecule has 340 valence electrons. The average molecular weight is 854 g/mol. The van der Waals surface area contributed by atoms with Crippen LogP contribution in [0.5, 0.6) is 0 Å². The molecule has 1 aromatic rings. The largest absolute Gasteiger partial charge is 0.410 e. The number of benzene rings is 1. The van der Waals surface area contributed by atoms with E-state index in [9.17, 15) is 33.6 Å². The molecule has 1 aliphatic heterocycles. The van der Waals surface area contributed by atoms with Crippen LogP contribution in [-0.4, -0.2) is 120 Å². The fraction of sp³-hybridized carbons (Fsp3) is 0.659. The number of hydrogen-bond donors (Lipinski definition) is 9. The van der Waals surface area contributed by atoms with E-state index in [1.807, 2.05) is 44.2 Å². The molecule has 6 unspecified atom stereocenters. The van der Waals surface area contributed by atoms with E-state index in [0.29, 0.717) is 51.4 Å². The minimum atomic E-state index is -1.43. The quantitative estimate of drug-likeness (QED) is 0.0306. The molecule has 6 atom stereocenters. The first-order chi connectivity index (χ1) is 28.9. The maximum absolute atomic E-state index is 14.5. The molecule has 1 heterocycles. The van der Waals surface area contributed by atoms with Crippen LogP contribution in [0.2, 0.25) is 0 Å². The Morgan fingerprint density at radius 2 is 1.34 bits per heavy atom. The zero-order chi connectivity index (χ0) is 45.7. The second kappa shape index (κ2) is 26.6.